The third-order valence-electron chi connectivity index (χ3n) is 5.16. The summed E-state index contributed by atoms with van der Waals surface area (Å²) in [5.41, 5.74) is 4.09. The van der Waals surface area contributed by atoms with E-state index in [0.717, 1.165) is 48.7 Å². The normalized spacial score (nSPS) is 16.4. The van der Waals surface area contributed by atoms with E-state index >= 15 is 0 Å². The summed E-state index contributed by atoms with van der Waals surface area (Å²) in [5.74, 6) is -0.193. The number of nitrogens with one attached hydrogen (secondary N) is 1. The molecule has 1 saturated heterocycles. The van der Waals surface area contributed by atoms with E-state index in [1.807, 2.05) is 51.1 Å². The zero-order valence-corrected chi connectivity index (χ0v) is 15.6. The summed E-state index contributed by atoms with van der Waals surface area (Å²) in [5, 5.41) is 3.09. The van der Waals surface area contributed by atoms with Crippen LogP contribution in [0.2, 0.25) is 0 Å². The van der Waals surface area contributed by atoms with Crippen LogP contribution < -0.4 is 10.2 Å². The van der Waals surface area contributed by atoms with Gasteiger partial charge in [0.2, 0.25) is 5.91 Å². The Morgan fingerprint density at radius 1 is 1.00 bits per heavy atom. The lowest BCUT2D eigenvalue weighted by molar-refractivity contribution is -0.120. The molecule has 4 nitrogen and oxygen atoms in total. The first kappa shape index (κ1) is 18.4. The van der Waals surface area contributed by atoms with Crippen molar-refractivity contribution in [2.24, 2.45) is 0 Å². The smallest absolute Gasteiger partial charge is 0.241 e. The molecule has 0 saturated carbocycles. The number of carbonyl (C=O) groups is 1. The summed E-state index contributed by atoms with van der Waals surface area (Å²) in [6.45, 7) is 9.23. The molecule has 1 aliphatic rings. The van der Waals surface area contributed by atoms with E-state index in [1.54, 1.807) is 0 Å². The van der Waals surface area contributed by atoms with Crippen LogP contribution in [0.3, 0.4) is 0 Å². The fourth-order valence-electron chi connectivity index (χ4n) is 3.42. The fourth-order valence-corrected chi connectivity index (χ4v) is 3.42. The van der Waals surface area contributed by atoms with Gasteiger partial charge in [0.05, 0.1) is 6.04 Å². The van der Waals surface area contributed by atoms with Crippen LogP contribution in [0.4, 0.5) is 15.8 Å². The molecule has 0 aliphatic carbocycles. The van der Waals surface area contributed by atoms with Gasteiger partial charge in [-0.1, -0.05) is 18.2 Å². The predicted octanol–water partition coefficient (Wildman–Crippen LogP) is 3.59. The molecule has 5 heteroatoms. The molecule has 1 N–H and O–H groups in total. The summed E-state index contributed by atoms with van der Waals surface area (Å²) in [6.07, 6.45) is 0. The van der Waals surface area contributed by atoms with Gasteiger partial charge in [-0.2, -0.15) is 0 Å². The van der Waals surface area contributed by atoms with Gasteiger partial charge in [0.25, 0.3) is 0 Å². The molecule has 26 heavy (non-hydrogen) atoms. The number of amides is 1. The molecule has 0 spiro atoms. The molecule has 0 aromatic heterocycles. The Morgan fingerprint density at radius 2 is 1.58 bits per heavy atom. The van der Waals surface area contributed by atoms with Gasteiger partial charge in [-0.25, -0.2) is 4.39 Å². The van der Waals surface area contributed by atoms with Crippen LogP contribution in [0, 0.1) is 19.7 Å². The second-order valence-electron chi connectivity index (χ2n) is 6.93. The number of piperazine rings is 1. The maximum absolute atomic E-state index is 13.1. The number of hydrogen-bond acceptors (Lipinski definition) is 3. The molecule has 0 unspecified atom stereocenters. The van der Waals surface area contributed by atoms with Gasteiger partial charge in [0, 0.05) is 37.6 Å². The molecule has 1 fully saturated rings. The zero-order valence-electron chi connectivity index (χ0n) is 15.6. The molecule has 1 aliphatic heterocycles. The van der Waals surface area contributed by atoms with Crippen molar-refractivity contribution in [1.82, 2.24) is 4.90 Å². The lowest BCUT2D eigenvalue weighted by atomic mass is 10.1. The molecule has 138 valence electrons. The second kappa shape index (κ2) is 7.87. The average molecular weight is 355 g/mol. The molecule has 1 heterocycles. The van der Waals surface area contributed by atoms with E-state index in [-0.39, 0.29) is 17.8 Å². The van der Waals surface area contributed by atoms with Crippen LogP contribution in [-0.4, -0.2) is 43.0 Å². The number of hydrogen-bond donors (Lipinski definition) is 1. The second-order valence-corrected chi connectivity index (χ2v) is 6.93. The SMILES string of the molecule is Cc1cccc(C)c1NC(=O)[C@H](C)N1CCN(c2ccc(F)cc2)CC1. The molecule has 1 atom stereocenters. The molecule has 2 aromatic rings. The molecule has 2 aromatic carbocycles. The van der Waals surface area contributed by atoms with Crippen LogP contribution >= 0.6 is 0 Å². The Morgan fingerprint density at radius 3 is 2.15 bits per heavy atom. The fraction of sp³-hybridized carbons (Fsp3) is 0.381. The van der Waals surface area contributed by atoms with Gasteiger partial charge < -0.3 is 10.2 Å². The van der Waals surface area contributed by atoms with Crippen molar-refractivity contribution in [1.29, 1.82) is 0 Å². The van der Waals surface area contributed by atoms with E-state index in [4.69, 9.17) is 0 Å². The number of aryl methyl sites for hydroxylation is 2. The highest BCUT2D eigenvalue weighted by Crippen LogP contribution is 2.21. The Labute approximate surface area is 154 Å². The van der Waals surface area contributed by atoms with Crippen molar-refractivity contribution in [3.63, 3.8) is 0 Å². The Bertz CT molecular complexity index is 747. The van der Waals surface area contributed by atoms with Crippen LogP contribution in [0.25, 0.3) is 0 Å². The Balaban J connectivity index is 1.58. The number of benzene rings is 2. The van der Waals surface area contributed by atoms with Crippen molar-refractivity contribution in [2.45, 2.75) is 26.8 Å². The van der Waals surface area contributed by atoms with Crippen molar-refractivity contribution < 1.29 is 9.18 Å². The van der Waals surface area contributed by atoms with Crippen molar-refractivity contribution in [3.05, 3.63) is 59.4 Å². The minimum atomic E-state index is -0.218. The minimum absolute atomic E-state index is 0.0256. The van der Waals surface area contributed by atoms with Crippen molar-refractivity contribution in [3.8, 4) is 0 Å². The van der Waals surface area contributed by atoms with Gasteiger partial charge >= 0.3 is 0 Å². The lowest BCUT2D eigenvalue weighted by Crippen LogP contribution is -2.52. The van der Waals surface area contributed by atoms with Gasteiger partial charge in [-0.15, -0.1) is 0 Å². The predicted molar refractivity (Wildman–Crippen MR) is 104 cm³/mol. The van der Waals surface area contributed by atoms with Crippen LogP contribution in [0.15, 0.2) is 42.5 Å². The standard InChI is InChI=1S/C21H26FN3O/c1-15-5-4-6-16(2)20(15)23-21(26)17(3)24-11-13-25(14-12-24)19-9-7-18(22)8-10-19/h4-10,17H,11-14H2,1-3H3,(H,23,26)/t17-/m0/s1. The first-order valence-corrected chi connectivity index (χ1v) is 9.07. The first-order valence-electron chi connectivity index (χ1n) is 9.07. The van der Waals surface area contributed by atoms with E-state index in [1.165, 1.54) is 12.1 Å². The Kier molecular flexibility index (Phi) is 5.57. The van der Waals surface area contributed by atoms with Gasteiger partial charge in [-0.05, 0) is 56.2 Å². The van der Waals surface area contributed by atoms with Crippen molar-refractivity contribution in [2.75, 3.05) is 36.4 Å². The third kappa shape index (κ3) is 4.05. The van der Waals surface area contributed by atoms with Crippen molar-refractivity contribution >= 4 is 17.3 Å². The summed E-state index contributed by atoms with van der Waals surface area (Å²) < 4.78 is 13.1. The molecule has 0 bridgehead atoms. The van der Waals surface area contributed by atoms with Crippen LogP contribution in [0.5, 0.6) is 0 Å². The monoisotopic (exact) mass is 355 g/mol. The molecular formula is C21H26FN3O. The van der Waals surface area contributed by atoms with E-state index in [2.05, 4.69) is 15.1 Å². The number of rotatable bonds is 4. The number of para-hydroxylation sites is 1. The van der Waals surface area contributed by atoms with E-state index in [0.29, 0.717) is 0 Å². The molecule has 1 amide bonds. The molecular weight excluding hydrogens is 329 g/mol. The summed E-state index contributed by atoms with van der Waals surface area (Å²) >= 11 is 0. The average Bonchev–Trinajstić information content (AvgIpc) is 2.65. The maximum atomic E-state index is 13.1. The lowest BCUT2D eigenvalue weighted by Gasteiger charge is -2.38. The maximum Gasteiger partial charge on any atom is 0.241 e. The Hall–Kier alpha value is -2.40. The highest BCUT2D eigenvalue weighted by atomic mass is 19.1. The topological polar surface area (TPSA) is 35.6 Å². The quantitative estimate of drug-likeness (QED) is 0.910. The van der Waals surface area contributed by atoms with Gasteiger partial charge in [0.15, 0.2) is 0 Å². The highest BCUT2D eigenvalue weighted by molar-refractivity contribution is 5.95. The third-order valence-corrected chi connectivity index (χ3v) is 5.16. The number of halogens is 1. The van der Waals surface area contributed by atoms with E-state index in [9.17, 15) is 9.18 Å². The number of carbonyl (C=O) groups excluding carboxylic acids is 1. The number of nitrogens with zero attached hydrogens (tertiary/aromatic N) is 2. The van der Waals surface area contributed by atoms with E-state index < -0.39 is 0 Å². The first-order chi connectivity index (χ1) is 12.5. The molecule has 0 radical (unpaired) electrons. The highest BCUT2D eigenvalue weighted by Gasteiger charge is 2.26. The van der Waals surface area contributed by atoms with Gasteiger partial charge in [0.1, 0.15) is 5.82 Å². The summed E-state index contributed by atoms with van der Waals surface area (Å²) in [4.78, 5) is 17.1. The molecule has 3 rings (SSSR count). The zero-order chi connectivity index (χ0) is 18.7. The van der Waals surface area contributed by atoms with Gasteiger partial charge in [-0.3, -0.25) is 9.69 Å². The van der Waals surface area contributed by atoms with Crippen LogP contribution in [-0.2, 0) is 4.79 Å². The summed E-state index contributed by atoms with van der Waals surface area (Å²) in [6, 6.07) is 12.4. The summed E-state index contributed by atoms with van der Waals surface area (Å²) in [7, 11) is 0. The minimum Gasteiger partial charge on any atom is -0.369 e. The largest absolute Gasteiger partial charge is 0.369 e. The van der Waals surface area contributed by atoms with Crippen LogP contribution in [0.1, 0.15) is 18.1 Å². The number of anilines is 2.